The molecule has 7 nitrogen and oxygen atoms in total. The van der Waals surface area contributed by atoms with Crippen molar-refractivity contribution in [1.82, 2.24) is 9.97 Å². The smallest absolute Gasteiger partial charge is 0.348 e. The van der Waals surface area contributed by atoms with Gasteiger partial charge < -0.3 is 19.8 Å². The molecule has 0 aliphatic carbocycles. The van der Waals surface area contributed by atoms with Gasteiger partial charge in [-0.05, 0) is 44.2 Å². The van der Waals surface area contributed by atoms with Crippen molar-refractivity contribution in [2.45, 2.75) is 20.0 Å². The average Bonchev–Trinajstić information content (AvgIpc) is 3.25. The van der Waals surface area contributed by atoms with Gasteiger partial charge in [-0.2, -0.15) is 0 Å². The number of esters is 1. The quantitative estimate of drug-likeness (QED) is 0.364. The van der Waals surface area contributed by atoms with Crippen LogP contribution in [-0.2, 0) is 19.1 Å². The molecule has 158 valence electrons. The zero-order chi connectivity index (χ0) is 22.1. The molecule has 3 aromatic rings. The van der Waals surface area contributed by atoms with Gasteiger partial charge in [0.2, 0.25) is 11.7 Å². The molecule has 0 saturated heterocycles. The topological polar surface area (TPSA) is 93.3 Å². The van der Waals surface area contributed by atoms with Crippen molar-refractivity contribution >= 4 is 34.5 Å². The van der Waals surface area contributed by atoms with Gasteiger partial charge in [0, 0.05) is 29.4 Å². The fourth-order valence-electron chi connectivity index (χ4n) is 3.03. The zero-order valence-corrected chi connectivity index (χ0v) is 16.5. The van der Waals surface area contributed by atoms with E-state index in [-0.39, 0.29) is 17.3 Å². The Bertz CT molecular complexity index is 1260. The molecule has 0 spiro atoms. The molecule has 3 heterocycles. The van der Waals surface area contributed by atoms with Crippen molar-refractivity contribution in [1.29, 1.82) is 0 Å². The number of hydrogen-bond acceptors (Lipinski definition) is 6. The number of Topliss-reactive ketones (excluding diaryl/α,β-unsaturated/α-hetero) is 1. The highest BCUT2D eigenvalue weighted by atomic mass is 19.1. The number of aromatic amines is 1. The van der Waals surface area contributed by atoms with E-state index in [0.29, 0.717) is 17.3 Å². The van der Waals surface area contributed by atoms with Crippen LogP contribution in [0.5, 0.6) is 0 Å². The van der Waals surface area contributed by atoms with Crippen LogP contribution in [0.15, 0.2) is 59.9 Å². The van der Waals surface area contributed by atoms with Crippen molar-refractivity contribution in [3.05, 3.63) is 77.1 Å². The third-order valence-corrected chi connectivity index (χ3v) is 4.39. The van der Waals surface area contributed by atoms with Gasteiger partial charge in [0.25, 0.3) is 0 Å². The molecule has 4 rings (SSSR count). The van der Waals surface area contributed by atoms with Crippen LogP contribution in [0.2, 0.25) is 0 Å². The molecule has 1 aliphatic heterocycles. The summed E-state index contributed by atoms with van der Waals surface area (Å²) in [6.07, 6.45) is 4.21. The molecule has 0 fully saturated rings. The monoisotopic (exact) mass is 425 g/mol. The van der Waals surface area contributed by atoms with Crippen LogP contribution in [0.4, 0.5) is 14.5 Å². The summed E-state index contributed by atoms with van der Waals surface area (Å²) in [6, 6.07) is 6.37. The van der Waals surface area contributed by atoms with Crippen LogP contribution in [0.25, 0.3) is 17.1 Å². The maximum Gasteiger partial charge on any atom is 0.348 e. The van der Waals surface area contributed by atoms with Crippen molar-refractivity contribution in [3.63, 3.8) is 0 Å². The number of carbonyl (C=O) groups is 2. The number of carbonyl (C=O) groups excluding carboxylic acids is 2. The molecule has 0 radical (unpaired) electrons. The van der Waals surface area contributed by atoms with E-state index >= 15 is 0 Å². The normalized spacial score (nSPS) is 15.1. The van der Waals surface area contributed by atoms with E-state index in [1.54, 1.807) is 38.4 Å². The number of fused-ring (bicyclic) bond motifs is 1. The van der Waals surface area contributed by atoms with E-state index in [2.05, 4.69) is 15.3 Å². The van der Waals surface area contributed by atoms with E-state index in [0.717, 1.165) is 17.5 Å². The number of benzene rings is 1. The Morgan fingerprint density at radius 2 is 2.10 bits per heavy atom. The first-order valence-electron chi connectivity index (χ1n) is 9.37. The fourth-order valence-corrected chi connectivity index (χ4v) is 3.03. The minimum absolute atomic E-state index is 0.162. The Kier molecular flexibility index (Phi) is 5.24. The van der Waals surface area contributed by atoms with E-state index in [1.807, 2.05) is 0 Å². The van der Waals surface area contributed by atoms with Crippen molar-refractivity contribution in [3.8, 4) is 0 Å². The van der Waals surface area contributed by atoms with E-state index in [1.165, 1.54) is 6.08 Å². The van der Waals surface area contributed by atoms with Crippen molar-refractivity contribution < 1.29 is 27.8 Å². The number of aromatic nitrogens is 2. The first kappa shape index (κ1) is 20.3. The number of rotatable bonds is 5. The number of halogens is 2. The number of ketones is 1. The number of nitrogens with zero attached hydrogens (tertiary/aromatic N) is 1. The molecule has 2 aromatic heterocycles. The summed E-state index contributed by atoms with van der Waals surface area (Å²) in [5, 5.41) is 3.29. The number of anilines is 1. The van der Waals surface area contributed by atoms with Gasteiger partial charge in [-0.1, -0.05) is 0 Å². The Morgan fingerprint density at radius 1 is 1.29 bits per heavy atom. The highest BCUT2D eigenvalue weighted by Crippen LogP contribution is 2.31. The third-order valence-electron chi connectivity index (χ3n) is 4.39. The number of ether oxygens (including phenoxy) is 2. The number of pyridine rings is 1. The standard InChI is InChI=1S/C22H17F2N3O4/c1-11(2)30-22(29)18-19(28)17(8-12-10-26-20-14(12)4-3-7-25-20)31-21(18)27-16-6-5-13(23)9-15(16)24/h3-11,27H,1-2H3,(H,25,26). The fraction of sp³-hybridized carbons (Fsp3) is 0.136. The lowest BCUT2D eigenvalue weighted by molar-refractivity contribution is -0.143. The van der Waals surface area contributed by atoms with Crippen LogP contribution in [0.3, 0.4) is 0 Å². The predicted octanol–water partition coefficient (Wildman–Crippen LogP) is 4.06. The average molecular weight is 425 g/mol. The molecule has 9 heteroatoms. The van der Waals surface area contributed by atoms with E-state index < -0.39 is 35.1 Å². The van der Waals surface area contributed by atoms with Crippen LogP contribution < -0.4 is 5.32 Å². The van der Waals surface area contributed by atoms with Crippen LogP contribution >= 0.6 is 0 Å². The molecule has 31 heavy (non-hydrogen) atoms. The number of allylic oxidation sites excluding steroid dienone is 1. The van der Waals surface area contributed by atoms with E-state index in [4.69, 9.17) is 9.47 Å². The van der Waals surface area contributed by atoms with Gasteiger partial charge in [0.1, 0.15) is 17.3 Å². The van der Waals surface area contributed by atoms with E-state index in [9.17, 15) is 18.4 Å². The molecule has 0 bridgehead atoms. The summed E-state index contributed by atoms with van der Waals surface area (Å²) >= 11 is 0. The number of nitrogens with one attached hydrogen (secondary N) is 2. The minimum Gasteiger partial charge on any atom is -0.459 e. The Hall–Kier alpha value is -4.01. The summed E-state index contributed by atoms with van der Waals surface area (Å²) in [7, 11) is 0. The molecular weight excluding hydrogens is 408 g/mol. The van der Waals surface area contributed by atoms with Gasteiger partial charge in [-0.25, -0.2) is 18.6 Å². The first-order valence-corrected chi connectivity index (χ1v) is 9.37. The summed E-state index contributed by atoms with van der Waals surface area (Å²) < 4.78 is 38.1. The zero-order valence-electron chi connectivity index (χ0n) is 16.5. The number of hydrogen-bond donors (Lipinski definition) is 2. The minimum atomic E-state index is -0.922. The van der Waals surface area contributed by atoms with Crippen molar-refractivity contribution in [2.24, 2.45) is 0 Å². The van der Waals surface area contributed by atoms with Gasteiger partial charge in [0.15, 0.2) is 11.3 Å². The molecule has 0 unspecified atom stereocenters. The summed E-state index contributed by atoms with van der Waals surface area (Å²) in [6.45, 7) is 3.25. The number of H-pyrrole nitrogens is 1. The van der Waals surface area contributed by atoms with Crippen LogP contribution in [-0.4, -0.2) is 27.8 Å². The summed E-state index contributed by atoms with van der Waals surface area (Å²) in [5.41, 5.74) is 0.634. The SMILES string of the molecule is CC(C)OC(=O)C1=C(Nc2ccc(F)cc2F)OC(=Cc2c[nH]c3ncccc23)C1=O. The Morgan fingerprint density at radius 3 is 2.84 bits per heavy atom. The second kappa shape index (κ2) is 8.02. The first-order chi connectivity index (χ1) is 14.8. The van der Waals surface area contributed by atoms with Crippen LogP contribution in [0.1, 0.15) is 19.4 Å². The maximum atomic E-state index is 14.1. The lowest BCUT2D eigenvalue weighted by Crippen LogP contribution is -2.19. The second-order valence-electron chi connectivity index (χ2n) is 6.99. The lowest BCUT2D eigenvalue weighted by Gasteiger charge is -2.11. The largest absolute Gasteiger partial charge is 0.459 e. The Balaban J connectivity index is 1.72. The molecule has 1 aromatic carbocycles. The predicted molar refractivity (Wildman–Crippen MR) is 108 cm³/mol. The third kappa shape index (κ3) is 4.02. The van der Waals surface area contributed by atoms with Gasteiger partial charge >= 0.3 is 5.97 Å². The van der Waals surface area contributed by atoms with Gasteiger partial charge in [-0.3, -0.25) is 4.79 Å². The second-order valence-corrected chi connectivity index (χ2v) is 6.99. The highest BCUT2D eigenvalue weighted by Gasteiger charge is 2.37. The molecule has 2 N–H and O–H groups in total. The maximum absolute atomic E-state index is 14.1. The highest BCUT2D eigenvalue weighted by molar-refractivity contribution is 6.26. The molecule has 0 atom stereocenters. The molecule has 0 saturated carbocycles. The van der Waals surface area contributed by atoms with Gasteiger partial charge in [-0.15, -0.1) is 0 Å². The van der Waals surface area contributed by atoms with Crippen molar-refractivity contribution in [2.75, 3.05) is 5.32 Å². The molecule has 0 amide bonds. The van der Waals surface area contributed by atoms with Gasteiger partial charge in [0.05, 0.1) is 11.8 Å². The Labute approximate surface area is 175 Å². The van der Waals surface area contributed by atoms with Crippen LogP contribution in [0, 0.1) is 11.6 Å². The summed E-state index contributed by atoms with van der Waals surface area (Å²) in [5.74, 6) is -3.80. The molecule has 1 aliphatic rings. The lowest BCUT2D eigenvalue weighted by atomic mass is 10.1. The molecular formula is C22H17F2N3O4. The summed E-state index contributed by atoms with van der Waals surface area (Å²) in [4.78, 5) is 32.7.